The Morgan fingerprint density at radius 2 is 2.03 bits per heavy atom. The Kier molecular flexibility index (Phi) is 8.92. The number of nitrogens with two attached hydrogens (primary N) is 1. The normalized spacial score (nSPS) is 18.3. The molecule has 1 aromatic heterocycles. The van der Waals surface area contributed by atoms with Crippen LogP contribution >= 0.6 is 0 Å². The largest absolute Gasteiger partial charge is 0.480 e. The molecular formula is C22H33N7O6. The maximum absolute atomic E-state index is 13.2. The van der Waals surface area contributed by atoms with Crippen molar-refractivity contribution in [2.75, 3.05) is 26.2 Å². The van der Waals surface area contributed by atoms with Crippen molar-refractivity contribution in [1.82, 2.24) is 25.8 Å². The molecule has 13 nitrogen and oxygen atoms in total. The number of rotatable bonds is 11. The molecule has 7 N–H and O–H groups in total. The van der Waals surface area contributed by atoms with Gasteiger partial charge in [0.05, 0.1) is 19.2 Å². The average molecular weight is 492 g/mol. The van der Waals surface area contributed by atoms with Gasteiger partial charge in [0.25, 0.3) is 0 Å². The van der Waals surface area contributed by atoms with Gasteiger partial charge >= 0.3 is 12.0 Å². The van der Waals surface area contributed by atoms with Crippen molar-refractivity contribution in [2.24, 2.45) is 11.7 Å². The highest BCUT2D eigenvalue weighted by Crippen LogP contribution is 2.27. The molecule has 1 aromatic rings. The summed E-state index contributed by atoms with van der Waals surface area (Å²) < 4.78 is 5.16. The number of likely N-dealkylation sites (tertiary alicyclic amines) is 1. The van der Waals surface area contributed by atoms with Crippen molar-refractivity contribution >= 4 is 29.8 Å². The third-order valence-corrected chi connectivity index (χ3v) is 6.02. The molecule has 0 spiro atoms. The predicted molar refractivity (Wildman–Crippen MR) is 124 cm³/mol. The smallest absolute Gasteiger partial charge is 0.323 e. The molecule has 2 aliphatic rings. The zero-order valence-corrected chi connectivity index (χ0v) is 19.5. The average Bonchev–Trinajstić information content (AvgIpc) is 3.53. The molecule has 0 radical (unpaired) electrons. The van der Waals surface area contributed by atoms with Gasteiger partial charge in [0, 0.05) is 25.7 Å². The molecule has 1 saturated carbocycles. The molecule has 0 bridgehead atoms. The number of carbonyl (C=O) groups excluding carboxylic acids is 3. The summed E-state index contributed by atoms with van der Waals surface area (Å²) in [5, 5.41) is 24.7. The SMILES string of the molecule is N=C(N)N1CCC[C@@H](CNC(=O)C[C@H](NC(=O)NCc2ccco2)C(=O)N(CC(=O)O)C2CC2)C1. The van der Waals surface area contributed by atoms with E-state index in [4.69, 9.17) is 15.6 Å². The minimum atomic E-state index is -1.23. The van der Waals surface area contributed by atoms with Crippen LogP contribution in [0, 0.1) is 11.3 Å². The molecule has 1 aliphatic carbocycles. The quantitative estimate of drug-likeness (QED) is 0.178. The highest BCUT2D eigenvalue weighted by Gasteiger charge is 2.38. The third-order valence-electron chi connectivity index (χ3n) is 6.02. The Morgan fingerprint density at radius 3 is 2.66 bits per heavy atom. The maximum atomic E-state index is 13.2. The number of piperidine rings is 1. The highest BCUT2D eigenvalue weighted by atomic mass is 16.4. The number of hydrogen-bond donors (Lipinski definition) is 6. The number of furan rings is 1. The minimum Gasteiger partial charge on any atom is -0.480 e. The molecule has 35 heavy (non-hydrogen) atoms. The molecular weight excluding hydrogens is 458 g/mol. The lowest BCUT2D eigenvalue weighted by molar-refractivity contribution is -0.146. The van der Waals surface area contributed by atoms with Crippen LogP contribution in [0.5, 0.6) is 0 Å². The number of guanidine groups is 1. The van der Waals surface area contributed by atoms with Crippen LogP contribution in [-0.4, -0.2) is 82.9 Å². The predicted octanol–water partition coefficient (Wildman–Crippen LogP) is -0.365. The third kappa shape index (κ3) is 8.19. The van der Waals surface area contributed by atoms with Crippen molar-refractivity contribution in [2.45, 2.75) is 50.7 Å². The van der Waals surface area contributed by atoms with Crippen LogP contribution in [0.4, 0.5) is 4.79 Å². The molecule has 13 heteroatoms. The van der Waals surface area contributed by atoms with Crippen LogP contribution < -0.4 is 21.7 Å². The van der Waals surface area contributed by atoms with Gasteiger partial charge in [-0.05, 0) is 43.7 Å². The van der Waals surface area contributed by atoms with Crippen molar-refractivity contribution < 1.29 is 28.7 Å². The number of urea groups is 1. The molecule has 1 saturated heterocycles. The van der Waals surface area contributed by atoms with E-state index >= 15 is 0 Å². The summed E-state index contributed by atoms with van der Waals surface area (Å²) in [6.45, 7) is 1.19. The molecule has 2 atom stereocenters. The summed E-state index contributed by atoms with van der Waals surface area (Å²) in [6.07, 6.45) is 4.21. The molecule has 4 amide bonds. The first-order valence-corrected chi connectivity index (χ1v) is 11.7. The molecule has 0 unspecified atom stereocenters. The van der Waals surface area contributed by atoms with E-state index in [0.29, 0.717) is 38.2 Å². The van der Waals surface area contributed by atoms with Gasteiger partial charge in [0.2, 0.25) is 11.8 Å². The zero-order valence-electron chi connectivity index (χ0n) is 19.5. The van der Waals surface area contributed by atoms with Crippen LogP contribution in [0.3, 0.4) is 0 Å². The standard InChI is InChI=1S/C22H33N7O6/c23-21(24)28-7-1-3-14(12-28)10-25-18(30)9-17(20(33)29(13-19(31)32)15-5-6-15)27-22(34)26-11-16-4-2-8-35-16/h2,4,8,14-15,17H,1,3,5-7,9-13H2,(H3,23,24)(H,25,30)(H,31,32)(H2,26,27,34)/t14-,17-/m0/s1. The molecule has 2 fully saturated rings. The van der Waals surface area contributed by atoms with E-state index in [0.717, 1.165) is 12.8 Å². The molecule has 2 heterocycles. The van der Waals surface area contributed by atoms with E-state index in [1.54, 1.807) is 17.0 Å². The topological polar surface area (TPSA) is 194 Å². The Balaban J connectivity index is 1.59. The van der Waals surface area contributed by atoms with Gasteiger partial charge in [0.15, 0.2) is 5.96 Å². The minimum absolute atomic E-state index is 0.00459. The van der Waals surface area contributed by atoms with E-state index in [-0.39, 0.29) is 30.9 Å². The first kappa shape index (κ1) is 25.8. The number of carboxylic acids is 1. The van der Waals surface area contributed by atoms with Gasteiger partial charge in [-0.1, -0.05) is 0 Å². The van der Waals surface area contributed by atoms with Gasteiger partial charge in [0.1, 0.15) is 18.3 Å². The molecule has 192 valence electrons. The maximum Gasteiger partial charge on any atom is 0.323 e. The number of carboxylic acid groups (broad SMARTS) is 1. The van der Waals surface area contributed by atoms with Crippen LogP contribution in [0.1, 0.15) is 37.9 Å². The fraction of sp³-hybridized carbons (Fsp3) is 0.591. The van der Waals surface area contributed by atoms with Crippen LogP contribution in [0.15, 0.2) is 22.8 Å². The fourth-order valence-electron chi connectivity index (χ4n) is 4.08. The van der Waals surface area contributed by atoms with E-state index < -0.39 is 36.4 Å². The number of nitrogens with one attached hydrogen (secondary N) is 4. The van der Waals surface area contributed by atoms with E-state index in [9.17, 15) is 24.3 Å². The van der Waals surface area contributed by atoms with E-state index in [2.05, 4.69) is 16.0 Å². The lowest BCUT2D eigenvalue weighted by Gasteiger charge is -2.33. The van der Waals surface area contributed by atoms with Crippen molar-refractivity contribution in [3.63, 3.8) is 0 Å². The number of aliphatic carboxylic acids is 1. The van der Waals surface area contributed by atoms with Crippen molar-refractivity contribution in [3.05, 3.63) is 24.2 Å². The Hall–Kier alpha value is -3.77. The van der Waals surface area contributed by atoms with Gasteiger partial charge < -0.3 is 41.0 Å². The fourth-order valence-corrected chi connectivity index (χ4v) is 4.08. The summed E-state index contributed by atoms with van der Waals surface area (Å²) >= 11 is 0. The first-order valence-electron chi connectivity index (χ1n) is 11.7. The highest BCUT2D eigenvalue weighted by molar-refractivity contribution is 5.93. The van der Waals surface area contributed by atoms with Gasteiger partial charge in [-0.25, -0.2) is 4.79 Å². The number of carbonyl (C=O) groups is 4. The summed E-state index contributed by atoms with van der Waals surface area (Å²) in [5.41, 5.74) is 5.56. The van der Waals surface area contributed by atoms with E-state index in [1.165, 1.54) is 11.2 Å². The first-order chi connectivity index (χ1) is 16.7. The zero-order chi connectivity index (χ0) is 25.4. The monoisotopic (exact) mass is 491 g/mol. The second-order valence-corrected chi connectivity index (χ2v) is 8.90. The van der Waals surface area contributed by atoms with Crippen LogP contribution in [-0.2, 0) is 20.9 Å². The summed E-state index contributed by atoms with van der Waals surface area (Å²) in [5.74, 6) is -1.61. The summed E-state index contributed by atoms with van der Waals surface area (Å²) in [4.78, 5) is 52.6. The van der Waals surface area contributed by atoms with Crippen molar-refractivity contribution in [3.8, 4) is 0 Å². The van der Waals surface area contributed by atoms with Gasteiger partial charge in [-0.3, -0.25) is 19.8 Å². The second-order valence-electron chi connectivity index (χ2n) is 8.90. The van der Waals surface area contributed by atoms with Crippen LogP contribution in [0.2, 0.25) is 0 Å². The van der Waals surface area contributed by atoms with Gasteiger partial charge in [-0.2, -0.15) is 0 Å². The lowest BCUT2D eigenvalue weighted by atomic mass is 9.98. The lowest BCUT2D eigenvalue weighted by Crippen LogP contribution is -2.54. The second kappa shape index (κ2) is 12.1. The molecule has 3 rings (SSSR count). The van der Waals surface area contributed by atoms with Crippen molar-refractivity contribution in [1.29, 1.82) is 5.41 Å². The van der Waals surface area contributed by atoms with Crippen LogP contribution in [0.25, 0.3) is 0 Å². The van der Waals surface area contributed by atoms with E-state index in [1.807, 2.05) is 0 Å². The number of amides is 4. The number of nitrogens with zero attached hydrogens (tertiary/aromatic N) is 2. The number of hydrogen-bond acceptors (Lipinski definition) is 6. The summed E-state index contributed by atoms with van der Waals surface area (Å²) in [7, 11) is 0. The Morgan fingerprint density at radius 1 is 1.26 bits per heavy atom. The Bertz CT molecular complexity index is 917. The molecule has 1 aliphatic heterocycles. The summed E-state index contributed by atoms with van der Waals surface area (Å²) in [6, 6.07) is 1.23. The van der Waals surface area contributed by atoms with Gasteiger partial charge in [-0.15, -0.1) is 0 Å². The molecule has 0 aromatic carbocycles. The Labute approximate surface area is 202 Å².